The number of nitrogens with zero attached hydrogens (tertiary/aromatic N) is 7. The Labute approximate surface area is 203 Å². The molecule has 1 aliphatic rings. The van der Waals surface area contributed by atoms with Gasteiger partial charge in [-0.1, -0.05) is 0 Å². The van der Waals surface area contributed by atoms with E-state index in [-0.39, 0.29) is 23.7 Å². The van der Waals surface area contributed by atoms with Crippen LogP contribution in [0.3, 0.4) is 0 Å². The van der Waals surface area contributed by atoms with Gasteiger partial charge in [-0.2, -0.15) is 14.4 Å². The molecule has 1 aliphatic carbocycles. The van der Waals surface area contributed by atoms with Crippen molar-refractivity contribution in [3.8, 4) is 17.5 Å². The molecule has 13 heteroatoms. The zero-order valence-corrected chi connectivity index (χ0v) is 20.3. The minimum atomic E-state index is -3.48. The van der Waals surface area contributed by atoms with E-state index in [0.717, 1.165) is 4.09 Å². The smallest absolute Gasteiger partial charge is 0.258 e. The maximum absolute atomic E-state index is 12.7. The van der Waals surface area contributed by atoms with Crippen LogP contribution in [0.25, 0.3) is 11.4 Å². The molecule has 0 bridgehead atoms. The Morgan fingerprint density at radius 1 is 1.29 bits per heavy atom. The minimum Gasteiger partial charge on any atom is -0.382 e. The molecule has 1 saturated carbocycles. The quantitative estimate of drug-likeness (QED) is 0.421. The number of hydrogen-bond donors (Lipinski definition) is 2. The number of amides is 1. The lowest BCUT2D eigenvalue weighted by molar-refractivity contribution is 0.0812. The second kappa shape index (κ2) is 9.67. The predicted octanol–water partition coefficient (Wildman–Crippen LogP) is 2.23. The van der Waals surface area contributed by atoms with E-state index in [1.54, 1.807) is 25.4 Å². The van der Waals surface area contributed by atoms with Gasteiger partial charge in [0.15, 0.2) is 5.82 Å². The summed E-state index contributed by atoms with van der Waals surface area (Å²) in [5.74, 6) is 0.842. The van der Waals surface area contributed by atoms with E-state index < -0.39 is 10.0 Å². The SMILES string of the molecule is CC(C)Nc1cc(Nc2ccnc(-c3cnn(S(=O)(=O)C4CC4)c3)n2)ncc1C(=O)N(C)CC#N. The zero-order valence-electron chi connectivity index (χ0n) is 19.5. The van der Waals surface area contributed by atoms with Crippen molar-refractivity contribution in [1.82, 2.24) is 29.0 Å². The summed E-state index contributed by atoms with van der Waals surface area (Å²) in [7, 11) is -1.93. The molecule has 4 rings (SSSR count). The first-order chi connectivity index (χ1) is 16.7. The lowest BCUT2D eigenvalue weighted by Gasteiger charge is -2.19. The molecule has 0 atom stereocenters. The second-order valence-corrected chi connectivity index (χ2v) is 10.5. The van der Waals surface area contributed by atoms with E-state index in [9.17, 15) is 13.2 Å². The number of nitrogens with one attached hydrogen (secondary N) is 2. The van der Waals surface area contributed by atoms with Gasteiger partial charge in [0.2, 0.25) is 0 Å². The maximum Gasteiger partial charge on any atom is 0.258 e. The van der Waals surface area contributed by atoms with Crippen LogP contribution in [0.1, 0.15) is 37.0 Å². The van der Waals surface area contributed by atoms with Gasteiger partial charge in [0.05, 0.1) is 40.5 Å². The third-order valence-corrected chi connectivity index (χ3v) is 7.20. The van der Waals surface area contributed by atoms with Crippen LogP contribution in [0.15, 0.2) is 36.9 Å². The Hall–Kier alpha value is -4.05. The molecule has 0 aromatic carbocycles. The molecule has 12 nitrogen and oxygen atoms in total. The van der Waals surface area contributed by atoms with Crippen LogP contribution in [-0.2, 0) is 10.0 Å². The number of pyridine rings is 1. The Kier molecular flexibility index (Phi) is 6.65. The van der Waals surface area contributed by atoms with E-state index in [0.29, 0.717) is 47.1 Å². The normalized spacial score (nSPS) is 13.3. The summed E-state index contributed by atoms with van der Waals surface area (Å²) in [6.45, 7) is 3.85. The zero-order chi connectivity index (χ0) is 25.2. The lowest BCUT2D eigenvalue weighted by Crippen LogP contribution is -2.28. The largest absolute Gasteiger partial charge is 0.382 e. The molecular formula is C22H25N9O3S. The molecule has 3 heterocycles. The molecular weight excluding hydrogens is 470 g/mol. The van der Waals surface area contributed by atoms with Crippen LogP contribution in [0.2, 0.25) is 0 Å². The van der Waals surface area contributed by atoms with Crippen molar-refractivity contribution in [2.24, 2.45) is 0 Å². The van der Waals surface area contributed by atoms with Crippen LogP contribution >= 0.6 is 0 Å². The molecule has 0 spiro atoms. The van der Waals surface area contributed by atoms with Gasteiger partial charge in [0.25, 0.3) is 15.9 Å². The first-order valence-corrected chi connectivity index (χ1v) is 12.5. The first-order valence-electron chi connectivity index (χ1n) is 11.0. The molecule has 0 saturated heterocycles. The molecule has 1 fully saturated rings. The van der Waals surface area contributed by atoms with Crippen molar-refractivity contribution >= 4 is 33.3 Å². The van der Waals surface area contributed by atoms with Crippen LogP contribution in [-0.4, -0.2) is 68.2 Å². The van der Waals surface area contributed by atoms with Crippen LogP contribution in [0, 0.1) is 11.3 Å². The van der Waals surface area contributed by atoms with Crippen molar-refractivity contribution in [3.05, 3.63) is 42.5 Å². The highest BCUT2D eigenvalue weighted by molar-refractivity contribution is 7.90. The molecule has 2 N–H and O–H groups in total. The van der Waals surface area contributed by atoms with Crippen LogP contribution < -0.4 is 10.6 Å². The van der Waals surface area contributed by atoms with E-state index in [1.165, 1.54) is 23.5 Å². The number of nitriles is 1. The summed E-state index contributed by atoms with van der Waals surface area (Å²) in [5, 5.41) is 18.8. The van der Waals surface area contributed by atoms with Crippen molar-refractivity contribution in [1.29, 1.82) is 5.26 Å². The van der Waals surface area contributed by atoms with E-state index in [4.69, 9.17) is 5.26 Å². The third-order valence-electron chi connectivity index (χ3n) is 5.17. The molecule has 1 amide bonds. The fraction of sp³-hybridized carbons (Fsp3) is 0.364. The first kappa shape index (κ1) is 24.1. The van der Waals surface area contributed by atoms with Crippen molar-refractivity contribution in [2.45, 2.75) is 38.0 Å². The van der Waals surface area contributed by atoms with Crippen LogP contribution in [0.4, 0.5) is 17.3 Å². The van der Waals surface area contributed by atoms with Crippen molar-refractivity contribution in [3.63, 3.8) is 0 Å². The van der Waals surface area contributed by atoms with Gasteiger partial charge in [-0.3, -0.25) is 4.79 Å². The standard InChI is InChI=1S/C22H25N9O3S/c1-14(2)27-18-10-20(25-12-17(18)22(32)30(3)9-7-23)28-19-6-8-24-21(29-19)15-11-26-31(13-15)35(33,34)16-4-5-16/h6,8,10-14,16H,4-5,9H2,1-3H3,(H2,24,25,27,28,29). The number of anilines is 3. The Morgan fingerprint density at radius 3 is 2.74 bits per heavy atom. The second-order valence-electron chi connectivity index (χ2n) is 8.47. The third kappa shape index (κ3) is 5.38. The summed E-state index contributed by atoms with van der Waals surface area (Å²) < 4.78 is 25.8. The van der Waals surface area contributed by atoms with Gasteiger partial charge in [0.1, 0.15) is 18.2 Å². The number of carbonyl (C=O) groups is 1. The molecule has 0 radical (unpaired) electrons. The molecule has 182 valence electrons. The average Bonchev–Trinajstić information content (AvgIpc) is 3.56. The topological polar surface area (TPSA) is 159 Å². The summed E-state index contributed by atoms with van der Waals surface area (Å²) in [6, 6.07) is 5.34. The van der Waals surface area contributed by atoms with Gasteiger partial charge >= 0.3 is 0 Å². The van der Waals surface area contributed by atoms with Gasteiger partial charge < -0.3 is 15.5 Å². The number of carbonyl (C=O) groups excluding carboxylic acids is 1. The predicted molar refractivity (Wildman–Crippen MR) is 129 cm³/mol. The molecule has 0 aliphatic heterocycles. The van der Waals surface area contributed by atoms with Crippen LogP contribution in [0.5, 0.6) is 0 Å². The van der Waals surface area contributed by atoms with Gasteiger partial charge in [0, 0.05) is 31.5 Å². The highest BCUT2D eigenvalue weighted by atomic mass is 32.2. The van der Waals surface area contributed by atoms with Gasteiger partial charge in [-0.25, -0.2) is 23.4 Å². The number of aromatic nitrogens is 5. The molecule has 35 heavy (non-hydrogen) atoms. The summed E-state index contributed by atoms with van der Waals surface area (Å²) in [5.41, 5.74) is 1.37. The fourth-order valence-electron chi connectivity index (χ4n) is 3.28. The Balaban J connectivity index is 1.58. The van der Waals surface area contributed by atoms with Crippen molar-refractivity contribution in [2.75, 3.05) is 24.2 Å². The van der Waals surface area contributed by atoms with E-state index in [1.807, 2.05) is 19.9 Å². The number of hydrogen-bond acceptors (Lipinski definition) is 10. The van der Waals surface area contributed by atoms with Gasteiger partial charge in [-0.15, -0.1) is 0 Å². The minimum absolute atomic E-state index is 0.0395. The summed E-state index contributed by atoms with van der Waals surface area (Å²) >= 11 is 0. The number of rotatable bonds is 9. The van der Waals surface area contributed by atoms with Crippen molar-refractivity contribution < 1.29 is 13.2 Å². The van der Waals surface area contributed by atoms with Gasteiger partial charge in [-0.05, 0) is 32.8 Å². The highest BCUT2D eigenvalue weighted by Gasteiger charge is 2.37. The molecule has 3 aromatic rings. The Morgan fingerprint density at radius 2 is 2.06 bits per heavy atom. The lowest BCUT2D eigenvalue weighted by atomic mass is 10.2. The average molecular weight is 496 g/mol. The Bertz CT molecular complexity index is 1390. The monoisotopic (exact) mass is 495 g/mol. The molecule has 0 unspecified atom stereocenters. The fourth-order valence-corrected chi connectivity index (χ4v) is 4.76. The highest BCUT2D eigenvalue weighted by Crippen LogP contribution is 2.30. The summed E-state index contributed by atoms with van der Waals surface area (Å²) in [4.78, 5) is 27.1. The summed E-state index contributed by atoms with van der Waals surface area (Å²) in [6.07, 6.45) is 7.10. The molecule has 3 aromatic heterocycles. The van der Waals surface area contributed by atoms with E-state index >= 15 is 0 Å². The maximum atomic E-state index is 12.7. The van der Waals surface area contributed by atoms with E-state index in [2.05, 4.69) is 30.7 Å².